The van der Waals surface area contributed by atoms with E-state index in [4.69, 9.17) is 4.42 Å². The molecule has 0 amide bonds. The van der Waals surface area contributed by atoms with Crippen molar-refractivity contribution in [3.8, 4) is 50.4 Å². The molecule has 0 saturated heterocycles. The van der Waals surface area contributed by atoms with Crippen molar-refractivity contribution < 1.29 is 4.42 Å². The van der Waals surface area contributed by atoms with Crippen LogP contribution in [0.3, 0.4) is 0 Å². The van der Waals surface area contributed by atoms with Crippen molar-refractivity contribution in [2.45, 2.75) is 0 Å². The van der Waals surface area contributed by atoms with E-state index in [1.54, 1.807) is 0 Å². The van der Waals surface area contributed by atoms with Crippen LogP contribution in [-0.4, -0.2) is 13.7 Å². The molecule has 0 radical (unpaired) electrons. The lowest BCUT2D eigenvalue weighted by Crippen LogP contribution is -1.94. The molecule has 4 aromatic heterocycles. The summed E-state index contributed by atoms with van der Waals surface area (Å²) >= 11 is 0. The number of hydrogen-bond donors (Lipinski definition) is 0. The second kappa shape index (κ2) is 15.1. The molecule has 0 unspecified atom stereocenters. The summed E-state index contributed by atoms with van der Waals surface area (Å²) in [6, 6.07) is 90.6. The molecule has 11 aromatic carbocycles. The van der Waals surface area contributed by atoms with Crippen LogP contribution < -0.4 is 0 Å². The Bertz CT molecular complexity index is 4360. The van der Waals surface area contributed by atoms with Crippen LogP contribution in [0, 0.1) is 0 Å². The largest absolute Gasteiger partial charge is 0.456 e. The summed E-state index contributed by atoms with van der Waals surface area (Å²) in [5, 5.41) is 9.57. The van der Waals surface area contributed by atoms with Crippen LogP contribution in [-0.2, 0) is 0 Å². The highest BCUT2D eigenvalue weighted by atomic mass is 16.3. The minimum absolute atomic E-state index is 0.877. The van der Waals surface area contributed by atoms with Crippen molar-refractivity contribution >= 4 is 87.4 Å². The lowest BCUT2D eigenvalue weighted by Gasteiger charge is -2.10. The van der Waals surface area contributed by atoms with Crippen molar-refractivity contribution in [2.75, 3.05) is 0 Å². The topological polar surface area (TPSA) is 27.9 Å². The molecule has 15 rings (SSSR count). The van der Waals surface area contributed by atoms with E-state index in [1.165, 1.54) is 87.8 Å². The van der Waals surface area contributed by atoms with Crippen LogP contribution in [0.1, 0.15) is 0 Å². The van der Waals surface area contributed by atoms with E-state index in [9.17, 15) is 0 Å². The van der Waals surface area contributed by atoms with Crippen molar-refractivity contribution in [2.24, 2.45) is 0 Å². The van der Waals surface area contributed by atoms with Gasteiger partial charge < -0.3 is 18.1 Å². The molecule has 0 aliphatic carbocycles. The van der Waals surface area contributed by atoms with Gasteiger partial charge in [-0.25, -0.2) is 0 Å². The highest BCUT2D eigenvalue weighted by Crippen LogP contribution is 2.42. The molecule has 15 aromatic rings. The summed E-state index contributed by atoms with van der Waals surface area (Å²) in [6.45, 7) is 0. The Hall–Kier alpha value is -9.38. The predicted octanol–water partition coefficient (Wildman–Crippen LogP) is 17.9. The molecule has 0 spiro atoms. The third-order valence-corrected chi connectivity index (χ3v) is 14.6. The van der Waals surface area contributed by atoms with Crippen LogP contribution in [0.25, 0.3) is 138 Å². The van der Waals surface area contributed by atoms with Gasteiger partial charge in [0.1, 0.15) is 11.2 Å². The third-order valence-electron chi connectivity index (χ3n) is 14.6. The van der Waals surface area contributed by atoms with Crippen LogP contribution in [0.2, 0.25) is 0 Å². The first-order chi connectivity index (χ1) is 34.7. The summed E-state index contributed by atoms with van der Waals surface area (Å²) in [4.78, 5) is 0. The quantitative estimate of drug-likeness (QED) is 0.163. The van der Waals surface area contributed by atoms with E-state index < -0.39 is 0 Å². The van der Waals surface area contributed by atoms with Crippen molar-refractivity contribution in [1.82, 2.24) is 13.7 Å². The maximum Gasteiger partial charge on any atom is 0.135 e. The molecule has 0 saturated carbocycles. The van der Waals surface area contributed by atoms with Gasteiger partial charge in [-0.05, 0) is 149 Å². The normalized spacial score (nSPS) is 12.0. The van der Waals surface area contributed by atoms with Gasteiger partial charge in [0.25, 0.3) is 0 Å². The van der Waals surface area contributed by atoms with Gasteiger partial charge in [-0.1, -0.05) is 133 Å². The zero-order valence-corrected chi connectivity index (χ0v) is 37.9. The highest BCUT2D eigenvalue weighted by molar-refractivity contribution is 6.15. The standard InChI is InChI=1S/C66H41N3O/c1-4-14-42(15-5-1)43-28-34-65-57(40-43)58-41-50(29-35-66(58)70-65)69-63-32-26-46(44-24-30-61-53(36-44)51-20-10-12-22-59(51)67(61)48-16-6-2-7-17-48)38-55(63)56-39-47(27-33-64(56)69)45-25-31-62-54(37-45)52-21-11-13-23-60(52)68(62)49-18-8-3-9-19-49/h1-41H. The van der Waals surface area contributed by atoms with Gasteiger partial charge in [0.15, 0.2) is 0 Å². The predicted molar refractivity (Wildman–Crippen MR) is 293 cm³/mol. The third kappa shape index (κ3) is 5.84. The van der Waals surface area contributed by atoms with Gasteiger partial charge in [-0.3, -0.25) is 0 Å². The van der Waals surface area contributed by atoms with E-state index in [1.807, 2.05) is 0 Å². The number of benzene rings is 11. The first-order valence-electron chi connectivity index (χ1n) is 24.0. The Morgan fingerprint density at radius 1 is 0.200 bits per heavy atom. The van der Waals surface area contributed by atoms with Crippen molar-refractivity contribution in [3.05, 3.63) is 249 Å². The molecule has 0 bridgehead atoms. The highest BCUT2D eigenvalue weighted by Gasteiger charge is 2.20. The second-order valence-corrected chi connectivity index (χ2v) is 18.5. The number of hydrogen-bond acceptors (Lipinski definition) is 1. The average Bonchev–Trinajstić information content (AvgIpc) is 4.17. The molecular formula is C66H41N3O. The van der Waals surface area contributed by atoms with Crippen LogP contribution >= 0.6 is 0 Å². The van der Waals surface area contributed by atoms with E-state index in [0.29, 0.717) is 0 Å². The minimum Gasteiger partial charge on any atom is -0.456 e. The van der Waals surface area contributed by atoms with Gasteiger partial charge in [0, 0.05) is 60.2 Å². The van der Waals surface area contributed by atoms with Crippen LogP contribution in [0.4, 0.5) is 0 Å². The fourth-order valence-corrected chi connectivity index (χ4v) is 11.4. The molecule has 0 aliphatic heterocycles. The monoisotopic (exact) mass is 891 g/mol. The summed E-state index contributed by atoms with van der Waals surface area (Å²) in [5.41, 5.74) is 19.3. The van der Waals surface area contributed by atoms with Crippen LogP contribution in [0.15, 0.2) is 253 Å². The smallest absolute Gasteiger partial charge is 0.135 e. The summed E-state index contributed by atoms with van der Waals surface area (Å²) in [7, 11) is 0. The number of furan rings is 1. The maximum atomic E-state index is 6.48. The van der Waals surface area contributed by atoms with E-state index in [2.05, 4.69) is 262 Å². The molecule has 0 aliphatic rings. The Labute approximate surface area is 402 Å². The Balaban J connectivity index is 0.938. The molecule has 4 nitrogen and oxygen atoms in total. The van der Waals surface area contributed by atoms with E-state index in [0.717, 1.165) is 50.0 Å². The number of fused-ring (bicyclic) bond motifs is 12. The van der Waals surface area contributed by atoms with E-state index >= 15 is 0 Å². The molecule has 326 valence electrons. The summed E-state index contributed by atoms with van der Waals surface area (Å²) in [6.07, 6.45) is 0. The number of nitrogens with zero attached hydrogens (tertiary/aromatic N) is 3. The first kappa shape index (κ1) is 38.7. The van der Waals surface area contributed by atoms with Crippen LogP contribution in [0.5, 0.6) is 0 Å². The Morgan fingerprint density at radius 2 is 0.529 bits per heavy atom. The second-order valence-electron chi connectivity index (χ2n) is 18.5. The summed E-state index contributed by atoms with van der Waals surface area (Å²) < 4.78 is 13.7. The molecule has 0 fully saturated rings. The van der Waals surface area contributed by atoms with Gasteiger partial charge in [0.2, 0.25) is 0 Å². The Morgan fingerprint density at radius 3 is 1.01 bits per heavy atom. The number of aromatic nitrogens is 3. The first-order valence-corrected chi connectivity index (χ1v) is 24.0. The molecule has 70 heavy (non-hydrogen) atoms. The van der Waals surface area contributed by atoms with Gasteiger partial charge in [-0.2, -0.15) is 0 Å². The van der Waals surface area contributed by atoms with Crippen molar-refractivity contribution in [3.63, 3.8) is 0 Å². The molecule has 4 heterocycles. The van der Waals surface area contributed by atoms with Gasteiger partial charge in [-0.15, -0.1) is 0 Å². The molecule has 0 atom stereocenters. The summed E-state index contributed by atoms with van der Waals surface area (Å²) in [5.74, 6) is 0. The molecule has 4 heteroatoms. The lowest BCUT2D eigenvalue weighted by atomic mass is 9.98. The van der Waals surface area contributed by atoms with Gasteiger partial charge >= 0.3 is 0 Å². The Kier molecular flexibility index (Phi) is 8.33. The molecular weight excluding hydrogens is 851 g/mol. The van der Waals surface area contributed by atoms with Crippen molar-refractivity contribution in [1.29, 1.82) is 0 Å². The van der Waals surface area contributed by atoms with E-state index in [-0.39, 0.29) is 0 Å². The zero-order chi connectivity index (χ0) is 45.9. The van der Waals surface area contributed by atoms with Gasteiger partial charge in [0.05, 0.1) is 33.1 Å². The zero-order valence-electron chi connectivity index (χ0n) is 37.9. The fraction of sp³-hybridized carbons (Fsp3) is 0. The SMILES string of the molecule is c1ccc(-c2ccc3oc4ccc(-n5c6ccc(-c7ccc8c(c7)c7ccccc7n8-c7ccccc7)cc6c6cc(-c7ccc8c(c7)c7ccccc7n8-c7ccccc7)ccc65)cc4c3c2)cc1. The molecule has 0 N–H and O–H groups in total. The lowest BCUT2D eigenvalue weighted by molar-refractivity contribution is 0.669. The average molecular weight is 892 g/mol. The number of para-hydroxylation sites is 4. The number of rotatable bonds is 6. The maximum absolute atomic E-state index is 6.48. The fourth-order valence-electron chi connectivity index (χ4n) is 11.4. The minimum atomic E-state index is 0.877.